The van der Waals surface area contributed by atoms with Crippen LogP contribution in [0.4, 0.5) is 0 Å². The number of hydrogen-bond donors (Lipinski definition) is 1. The molecule has 0 bridgehead atoms. The lowest BCUT2D eigenvalue weighted by atomic mass is 10.1. The quantitative estimate of drug-likeness (QED) is 0.759. The van der Waals surface area contributed by atoms with Gasteiger partial charge in [-0.1, -0.05) is 53.5 Å². The van der Waals surface area contributed by atoms with Gasteiger partial charge in [-0.15, -0.1) is 0 Å². The maximum absolute atomic E-state index is 12.1. The standard InChI is InChI=1S/C19H22Cl2N2O2/c1-23(2)16(10-14-6-4-3-5-7-14)12-22-19(24)13-25-18-11-15(20)8-9-17(18)21/h3-9,11,16H,10,12-13H2,1-2H3,(H,22,24)/t16-/m0/s1. The topological polar surface area (TPSA) is 41.6 Å². The first kappa shape index (κ1) is 19.6. The summed E-state index contributed by atoms with van der Waals surface area (Å²) >= 11 is 11.9. The van der Waals surface area contributed by atoms with Crippen molar-refractivity contribution in [3.63, 3.8) is 0 Å². The molecule has 0 heterocycles. The number of carbonyl (C=O) groups is 1. The van der Waals surface area contributed by atoms with Gasteiger partial charge in [-0.05, 0) is 38.2 Å². The molecule has 0 aliphatic rings. The van der Waals surface area contributed by atoms with Crippen LogP contribution in [0.2, 0.25) is 10.0 Å². The van der Waals surface area contributed by atoms with Gasteiger partial charge in [0.1, 0.15) is 5.75 Å². The maximum Gasteiger partial charge on any atom is 0.257 e. The zero-order valence-corrected chi connectivity index (χ0v) is 15.8. The number of halogens is 2. The first-order valence-electron chi connectivity index (χ1n) is 8.00. The molecule has 134 valence electrons. The first-order chi connectivity index (χ1) is 12.0. The number of hydrogen-bond acceptors (Lipinski definition) is 3. The van der Waals surface area contributed by atoms with Crippen LogP contribution in [0.15, 0.2) is 48.5 Å². The molecule has 0 aliphatic carbocycles. The highest BCUT2D eigenvalue weighted by Crippen LogP contribution is 2.27. The lowest BCUT2D eigenvalue weighted by Gasteiger charge is -2.24. The van der Waals surface area contributed by atoms with Crippen molar-refractivity contribution in [2.75, 3.05) is 27.2 Å². The second-order valence-electron chi connectivity index (χ2n) is 5.97. The van der Waals surface area contributed by atoms with Gasteiger partial charge in [0.05, 0.1) is 5.02 Å². The van der Waals surface area contributed by atoms with Crippen LogP contribution in [0.3, 0.4) is 0 Å². The van der Waals surface area contributed by atoms with Gasteiger partial charge in [0, 0.05) is 23.7 Å². The minimum atomic E-state index is -0.198. The van der Waals surface area contributed by atoms with Gasteiger partial charge in [0.2, 0.25) is 0 Å². The number of likely N-dealkylation sites (N-methyl/N-ethyl adjacent to an activating group) is 1. The Labute approximate surface area is 158 Å². The molecule has 0 radical (unpaired) electrons. The Kier molecular flexibility index (Phi) is 7.56. The van der Waals surface area contributed by atoms with E-state index in [0.29, 0.717) is 22.3 Å². The summed E-state index contributed by atoms with van der Waals surface area (Å²) in [7, 11) is 4.00. The van der Waals surface area contributed by atoms with Gasteiger partial charge in [0.15, 0.2) is 6.61 Å². The van der Waals surface area contributed by atoms with Crippen LogP contribution in [0.25, 0.3) is 0 Å². The second kappa shape index (κ2) is 9.66. The predicted molar refractivity (Wildman–Crippen MR) is 103 cm³/mol. The molecule has 0 unspecified atom stereocenters. The molecule has 0 fully saturated rings. The lowest BCUT2D eigenvalue weighted by molar-refractivity contribution is -0.123. The van der Waals surface area contributed by atoms with Crippen molar-refractivity contribution in [1.82, 2.24) is 10.2 Å². The van der Waals surface area contributed by atoms with Crippen molar-refractivity contribution in [2.45, 2.75) is 12.5 Å². The van der Waals surface area contributed by atoms with E-state index in [1.165, 1.54) is 5.56 Å². The molecule has 0 spiro atoms. The monoisotopic (exact) mass is 380 g/mol. The van der Waals surface area contributed by atoms with Crippen molar-refractivity contribution in [2.24, 2.45) is 0 Å². The average Bonchev–Trinajstić information content (AvgIpc) is 2.60. The van der Waals surface area contributed by atoms with E-state index < -0.39 is 0 Å². The lowest BCUT2D eigenvalue weighted by Crippen LogP contribution is -2.42. The van der Waals surface area contributed by atoms with Crippen LogP contribution in [0, 0.1) is 0 Å². The van der Waals surface area contributed by atoms with Crippen LogP contribution in [-0.2, 0) is 11.2 Å². The third-order valence-electron chi connectivity index (χ3n) is 3.83. The number of rotatable bonds is 8. The largest absolute Gasteiger partial charge is 0.482 e. The van der Waals surface area contributed by atoms with Crippen molar-refractivity contribution in [3.05, 3.63) is 64.1 Å². The minimum absolute atomic E-state index is 0.106. The Hall–Kier alpha value is -1.75. The average molecular weight is 381 g/mol. The molecule has 1 N–H and O–H groups in total. The molecule has 2 aromatic carbocycles. The molecule has 2 aromatic rings. The highest BCUT2D eigenvalue weighted by Gasteiger charge is 2.14. The van der Waals surface area contributed by atoms with Crippen LogP contribution in [0.5, 0.6) is 5.75 Å². The van der Waals surface area contributed by atoms with E-state index in [9.17, 15) is 4.79 Å². The van der Waals surface area contributed by atoms with E-state index in [-0.39, 0.29) is 18.6 Å². The smallest absolute Gasteiger partial charge is 0.257 e. The fraction of sp³-hybridized carbons (Fsp3) is 0.316. The molecule has 0 saturated carbocycles. The summed E-state index contributed by atoms with van der Waals surface area (Å²) in [5.74, 6) is 0.203. The number of nitrogens with one attached hydrogen (secondary N) is 1. The van der Waals surface area contributed by atoms with E-state index in [1.54, 1.807) is 18.2 Å². The van der Waals surface area contributed by atoms with Crippen LogP contribution >= 0.6 is 23.2 Å². The summed E-state index contributed by atoms with van der Waals surface area (Å²) in [5, 5.41) is 3.84. The molecule has 0 saturated heterocycles. The molecule has 4 nitrogen and oxygen atoms in total. The SMILES string of the molecule is CN(C)[C@H](CNC(=O)COc1cc(Cl)ccc1Cl)Cc1ccccc1. The Morgan fingerprint density at radius 2 is 1.88 bits per heavy atom. The number of amides is 1. The fourth-order valence-corrected chi connectivity index (χ4v) is 2.67. The first-order valence-corrected chi connectivity index (χ1v) is 8.76. The van der Waals surface area contributed by atoms with E-state index in [2.05, 4.69) is 22.3 Å². The highest BCUT2D eigenvalue weighted by atomic mass is 35.5. The zero-order chi connectivity index (χ0) is 18.2. The molecule has 6 heteroatoms. The second-order valence-corrected chi connectivity index (χ2v) is 6.82. The van der Waals surface area contributed by atoms with E-state index in [4.69, 9.17) is 27.9 Å². The van der Waals surface area contributed by atoms with Crippen LogP contribution < -0.4 is 10.1 Å². The summed E-state index contributed by atoms with van der Waals surface area (Å²) < 4.78 is 5.45. The fourth-order valence-electron chi connectivity index (χ4n) is 2.34. The van der Waals surface area contributed by atoms with Gasteiger partial charge >= 0.3 is 0 Å². The number of carbonyl (C=O) groups excluding carboxylic acids is 1. The number of benzene rings is 2. The van der Waals surface area contributed by atoms with Gasteiger partial charge in [-0.2, -0.15) is 0 Å². The summed E-state index contributed by atoms with van der Waals surface area (Å²) in [6.07, 6.45) is 0.856. The summed E-state index contributed by atoms with van der Waals surface area (Å²) in [5.41, 5.74) is 1.23. The van der Waals surface area contributed by atoms with E-state index >= 15 is 0 Å². The zero-order valence-electron chi connectivity index (χ0n) is 14.3. The molecular formula is C19H22Cl2N2O2. The van der Waals surface area contributed by atoms with E-state index in [1.807, 2.05) is 32.3 Å². The van der Waals surface area contributed by atoms with Gasteiger partial charge in [-0.3, -0.25) is 4.79 Å². The summed E-state index contributed by atoms with van der Waals surface area (Å²) in [6.45, 7) is 0.429. The molecule has 0 aromatic heterocycles. The Balaban J connectivity index is 1.83. The third-order valence-corrected chi connectivity index (χ3v) is 4.38. The number of nitrogens with zero attached hydrogens (tertiary/aromatic N) is 1. The van der Waals surface area contributed by atoms with Crippen molar-refractivity contribution < 1.29 is 9.53 Å². The predicted octanol–water partition coefficient (Wildman–Crippen LogP) is 3.66. The Morgan fingerprint density at radius 3 is 2.56 bits per heavy atom. The van der Waals surface area contributed by atoms with E-state index in [0.717, 1.165) is 6.42 Å². The van der Waals surface area contributed by atoms with Gasteiger partial charge in [-0.25, -0.2) is 0 Å². The molecular weight excluding hydrogens is 359 g/mol. The van der Waals surface area contributed by atoms with Crippen molar-refractivity contribution in [3.8, 4) is 5.75 Å². The van der Waals surface area contributed by atoms with Crippen LogP contribution in [0.1, 0.15) is 5.56 Å². The molecule has 0 aliphatic heterocycles. The van der Waals surface area contributed by atoms with Crippen molar-refractivity contribution in [1.29, 1.82) is 0 Å². The van der Waals surface area contributed by atoms with Gasteiger partial charge in [0.25, 0.3) is 5.91 Å². The Bertz CT molecular complexity index is 693. The van der Waals surface area contributed by atoms with Crippen molar-refractivity contribution >= 4 is 29.1 Å². The molecule has 1 atom stereocenters. The molecule has 1 amide bonds. The summed E-state index contributed by atoms with van der Waals surface area (Å²) in [4.78, 5) is 14.2. The number of ether oxygens (including phenoxy) is 1. The minimum Gasteiger partial charge on any atom is -0.482 e. The van der Waals surface area contributed by atoms with Crippen LogP contribution in [-0.4, -0.2) is 44.1 Å². The third kappa shape index (κ3) is 6.58. The normalized spacial score (nSPS) is 12.0. The Morgan fingerprint density at radius 1 is 1.16 bits per heavy atom. The maximum atomic E-state index is 12.1. The summed E-state index contributed by atoms with van der Waals surface area (Å²) in [6, 6.07) is 15.3. The van der Waals surface area contributed by atoms with Gasteiger partial charge < -0.3 is 15.0 Å². The molecule has 25 heavy (non-hydrogen) atoms. The highest BCUT2D eigenvalue weighted by molar-refractivity contribution is 6.34. The molecule has 2 rings (SSSR count).